The Hall–Kier alpha value is -0.390. The van der Waals surface area contributed by atoms with Crippen molar-refractivity contribution in [2.24, 2.45) is 0 Å². The van der Waals surface area contributed by atoms with Crippen LogP contribution in [0, 0.1) is 6.92 Å². The van der Waals surface area contributed by atoms with E-state index in [1.54, 1.807) is 25.3 Å². The molecule has 86 valence electrons. The van der Waals surface area contributed by atoms with Crippen molar-refractivity contribution < 1.29 is 8.42 Å². The fraction of sp³-hybridized carbons (Fsp3) is 0.600. The van der Waals surface area contributed by atoms with Gasteiger partial charge in [0.05, 0.1) is 11.3 Å². The molecule has 1 heterocycles. The van der Waals surface area contributed by atoms with Crippen molar-refractivity contribution in [2.45, 2.75) is 25.1 Å². The minimum Gasteiger partial charge on any atom is -0.311 e. The van der Waals surface area contributed by atoms with Gasteiger partial charge < -0.3 is 5.32 Å². The fourth-order valence-electron chi connectivity index (χ4n) is 1.48. The van der Waals surface area contributed by atoms with E-state index in [2.05, 4.69) is 5.32 Å². The monoisotopic (exact) mass is 247 g/mol. The summed E-state index contributed by atoms with van der Waals surface area (Å²) in [5, 5.41) is 2.67. The Balaban J connectivity index is 2.99. The van der Waals surface area contributed by atoms with Crippen LogP contribution in [0.3, 0.4) is 0 Å². The lowest BCUT2D eigenvalue weighted by molar-refractivity contribution is 0.540. The molecule has 0 saturated heterocycles. The van der Waals surface area contributed by atoms with Gasteiger partial charge in [-0.1, -0.05) is 0 Å². The van der Waals surface area contributed by atoms with E-state index in [0.29, 0.717) is 0 Å². The molecule has 0 fully saturated rings. The molecule has 15 heavy (non-hydrogen) atoms. The van der Waals surface area contributed by atoms with Gasteiger partial charge in [0.1, 0.15) is 0 Å². The van der Waals surface area contributed by atoms with E-state index in [1.807, 2.05) is 19.1 Å². The molecule has 5 heteroatoms. The Morgan fingerprint density at radius 3 is 2.33 bits per heavy atom. The summed E-state index contributed by atoms with van der Waals surface area (Å²) >= 11 is 1.64. The van der Waals surface area contributed by atoms with Crippen molar-refractivity contribution in [3.63, 3.8) is 0 Å². The van der Waals surface area contributed by atoms with Gasteiger partial charge in [-0.05, 0) is 33.0 Å². The van der Waals surface area contributed by atoms with Crippen LogP contribution in [0.25, 0.3) is 0 Å². The van der Waals surface area contributed by atoms with Crippen LogP contribution in [-0.4, -0.2) is 27.0 Å². The highest BCUT2D eigenvalue weighted by atomic mass is 32.2. The standard InChI is InChI=1S/C10H17NO2S2/c1-7-5-6-9(14-7)10(11-3)8(2)15(4,12)13/h5-6,8,10-11H,1-4H3. The first-order valence-electron chi connectivity index (χ1n) is 4.78. The smallest absolute Gasteiger partial charge is 0.151 e. The fourth-order valence-corrected chi connectivity index (χ4v) is 3.43. The summed E-state index contributed by atoms with van der Waals surface area (Å²) in [5.74, 6) is 0. The highest BCUT2D eigenvalue weighted by Gasteiger charge is 2.26. The van der Waals surface area contributed by atoms with Gasteiger partial charge in [-0.3, -0.25) is 0 Å². The lowest BCUT2D eigenvalue weighted by Gasteiger charge is -2.20. The molecule has 0 aromatic carbocycles. The first-order chi connectivity index (χ1) is 6.86. The van der Waals surface area contributed by atoms with Crippen LogP contribution in [0.4, 0.5) is 0 Å². The molecule has 0 amide bonds. The van der Waals surface area contributed by atoms with Gasteiger partial charge in [0.25, 0.3) is 0 Å². The Labute approximate surface area is 95.4 Å². The lowest BCUT2D eigenvalue weighted by Crippen LogP contribution is -2.32. The minimum atomic E-state index is -3.01. The van der Waals surface area contributed by atoms with Gasteiger partial charge in [-0.25, -0.2) is 8.42 Å². The van der Waals surface area contributed by atoms with Crippen molar-refractivity contribution in [3.05, 3.63) is 21.9 Å². The number of hydrogen-bond acceptors (Lipinski definition) is 4. The van der Waals surface area contributed by atoms with Gasteiger partial charge in [-0.15, -0.1) is 11.3 Å². The van der Waals surface area contributed by atoms with Crippen LogP contribution in [0.15, 0.2) is 12.1 Å². The third-order valence-electron chi connectivity index (χ3n) is 2.52. The van der Waals surface area contributed by atoms with Crippen molar-refractivity contribution in [3.8, 4) is 0 Å². The van der Waals surface area contributed by atoms with Crippen LogP contribution in [-0.2, 0) is 9.84 Å². The first-order valence-corrected chi connectivity index (χ1v) is 7.56. The van der Waals surface area contributed by atoms with Crippen LogP contribution < -0.4 is 5.32 Å². The maximum Gasteiger partial charge on any atom is 0.151 e. The summed E-state index contributed by atoms with van der Waals surface area (Å²) in [7, 11) is -1.22. The summed E-state index contributed by atoms with van der Waals surface area (Å²) in [6.45, 7) is 3.76. The highest BCUT2D eigenvalue weighted by molar-refractivity contribution is 7.91. The second kappa shape index (κ2) is 4.63. The minimum absolute atomic E-state index is 0.112. The predicted molar refractivity (Wildman–Crippen MR) is 65.2 cm³/mol. The number of hydrogen-bond donors (Lipinski definition) is 1. The summed E-state index contributed by atoms with van der Waals surface area (Å²) in [6, 6.07) is 3.89. The van der Waals surface area contributed by atoms with E-state index in [1.165, 1.54) is 11.1 Å². The Morgan fingerprint density at radius 1 is 1.40 bits per heavy atom. The quantitative estimate of drug-likeness (QED) is 0.881. The van der Waals surface area contributed by atoms with Crippen LogP contribution in [0.5, 0.6) is 0 Å². The first kappa shape index (κ1) is 12.7. The summed E-state index contributed by atoms with van der Waals surface area (Å²) < 4.78 is 23.0. The molecule has 3 nitrogen and oxygen atoms in total. The molecule has 0 bridgehead atoms. The Kier molecular flexibility index (Phi) is 3.92. The van der Waals surface area contributed by atoms with Crippen molar-refractivity contribution in [2.75, 3.05) is 13.3 Å². The number of sulfone groups is 1. The predicted octanol–water partition coefficient (Wildman–Crippen LogP) is 1.75. The molecule has 1 rings (SSSR count). The zero-order valence-electron chi connectivity index (χ0n) is 9.44. The molecular formula is C10H17NO2S2. The number of aryl methyl sites for hydroxylation is 1. The third-order valence-corrected chi connectivity index (χ3v) is 5.23. The van der Waals surface area contributed by atoms with Gasteiger partial charge in [0.15, 0.2) is 9.84 Å². The topological polar surface area (TPSA) is 46.2 Å². The maximum atomic E-state index is 11.5. The molecule has 0 radical (unpaired) electrons. The lowest BCUT2D eigenvalue weighted by atomic mass is 10.2. The van der Waals surface area contributed by atoms with Gasteiger partial charge >= 0.3 is 0 Å². The molecule has 0 saturated carbocycles. The van der Waals surface area contributed by atoms with Crippen LogP contribution in [0.1, 0.15) is 22.7 Å². The third kappa shape index (κ3) is 3.03. The van der Waals surface area contributed by atoms with Crippen LogP contribution >= 0.6 is 11.3 Å². The molecule has 0 spiro atoms. The maximum absolute atomic E-state index is 11.5. The molecule has 0 aliphatic carbocycles. The Morgan fingerprint density at radius 2 is 2.00 bits per heavy atom. The molecule has 1 aromatic heterocycles. The molecule has 2 unspecified atom stereocenters. The van der Waals surface area contributed by atoms with Gasteiger partial charge in [-0.2, -0.15) is 0 Å². The van der Waals surface area contributed by atoms with E-state index in [-0.39, 0.29) is 6.04 Å². The summed E-state index contributed by atoms with van der Waals surface area (Å²) in [6.07, 6.45) is 1.28. The van der Waals surface area contributed by atoms with Gasteiger partial charge in [0, 0.05) is 16.0 Å². The SMILES string of the molecule is CNC(c1ccc(C)s1)C(C)S(C)(=O)=O. The van der Waals surface area contributed by atoms with Crippen molar-refractivity contribution >= 4 is 21.2 Å². The molecule has 1 aromatic rings. The average molecular weight is 247 g/mol. The largest absolute Gasteiger partial charge is 0.311 e. The Bertz CT molecular complexity index is 422. The van der Waals surface area contributed by atoms with E-state index in [9.17, 15) is 8.42 Å². The normalized spacial score (nSPS) is 16.3. The zero-order valence-corrected chi connectivity index (χ0v) is 11.1. The molecule has 2 atom stereocenters. The van der Waals surface area contributed by atoms with E-state index >= 15 is 0 Å². The zero-order chi connectivity index (χ0) is 11.6. The van der Waals surface area contributed by atoms with E-state index < -0.39 is 15.1 Å². The van der Waals surface area contributed by atoms with Crippen LogP contribution in [0.2, 0.25) is 0 Å². The second-order valence-electron chi connectivity index (χ2n) is 3.75. The molecule has 0 aliphatic rings. The summed E-state index contributed by atoms with van der Waals surface area (Å²) in [4.78, 5) is 2.28. The second-order valence-corrected chi connectivity index (χ2v) is 7.47. The van der Waals surface area contributed by atoms with E-state index in [4.69, 9.17) is 0 Å². The number of thiophene rings is 1. The number of rotatable bonds is 4. The molecule has 1 N–H and O–H groups in total. The van der Waals surface area contributed by atoms with Gasteiger partial charge in [0.2, 0.25) is 0 Å². The highest BCUT2D eigenvalue weighted by Crippen LogP contribution is 2.27. The van der Waals surface area contributed by atoms with Crippen molar-refractivity contribution in [1.82, 2.24) is 5.32 Å². The number of nitrogens with one attached hydrogen (secondary N) is 1. The molecular weight excluding hydrogens is 230 g/mol. The molecule has 0 aliphatic heterocycles. The van der Waals surface area contributed by atoms with Crippen molar-refractivity contribution in [1.29, 1.82) is 0 Å². The van der Waals surface area contributed by atoms with E-state index in [0.717, 1.165) is 4.88 Å². The summed E-state index contributed by atoms with van der Waals surface area (Å²) in [5.41, 5.74) is 0. The average Bonchev–Trinajstić information content (AvgIpc) is 2.51.